The molecule has 0 aliphatic heterocycles. The minimum atomic E-state index is -0.293. The molecule has 3 nitrogen and oxygen atoms in total. The van der Waals surface area contributed by atoms with Gasteiger partial charge >= 0.3 is 162 Å². The summed E-state index contributed by atoms with van der Waals surface area (Å²) >= 11 is 5.13. The number of thiophene rings is 1. The maximum atomic E-state index is 13.3. The predicted octanol–water partition coefficient (Wildman–Crippen LogP) is 3.78. The fraction of sp³-hybridized carbons (Fsp3) is 0.0556. The summed E-state index contributed by atoms with van der Waals surface area (Å²) in [4.78, 5) is 5.28. The van der Waals surface area contributed by atoms with Crippen LogP contribution in [0.15, 0.2) is 46.8 Å². The molecule has 2 heterocycles. The number of aromatic nitrogens is 1. The average Bonchev–Trinajstić information content (AvgIpc) is 3.13. The van der Waals surface area contributed by atoms with E-state index in [4.69, 9.17) is 0 Å². The van der Waals surface area contributed by atoms with E-state index in [0.29, 0.717) is 32.0 Å². The van der Waals surface area contributed by atoms with Gasteiger partial charge in [0.25, 0.3) is 0 Å². The zero-order chi connectivity index (χ0) is 17.8. The van der Waals surface area contributed by atoms with Crippen LogP contribution in [0.25, 0.3) is 10.4 Å². The molecule has 0 amide bonds. The molecule has 0 saturated carbocycles. The Bertz CT molecular complexity index is 1000. The standard InChI is InChI=1S/C18H9AsFN3S2/c19-17-13(8-21)16(15-5-2-6-24-15)14(9-22)18(23-17)25-10-11-3-1-4-12(20)7-11/h1-7H,10H2. The van der Waals surface area contributed by atoms with Gasteiger partial charge in [-0.1, -0.05) is 0 Å². The molecule has 0 aliphatic carbocycles. The molecule has 0 fully saturated rings. The summed E-state index contributed by atoms with van der Waals surface area (Å²) < 4.78 is 13.9. The Hall–Kier alpha value is -2.11. The Balaban J connectivity index is 2.06. The number of hydrogen-bond acceptors (Lipinski definition) is 5. The van der Waals surface area contributed by atoms with Crippen LogP contribution in [0.2, 0.25) is 0 Å². The zero-order valence-electron chi connectivity index (χ0n) is 12.7. The first-order valence-corrected chi connectivity index (χ1v) is 9.92. The molecule has 0 saturated heterocycles. The maximum absolute atomic E-state index is 13.3. The first kappa shape index (κ1) is 17.7. The van der Waals surface area contributed by atoms with Gasteiger partial charge in [0.2, 0.25) is 0 Å². The third-order valence-corrected chi connectivity index (χ3v) is 6.01. The summed E-state index contributed by atoms with van der Waals surface area (Å²) in [7, 11) is 0. The molecule has 2 aromatic heterocycles. The van der Waals surface area contributed by atoms with Gasteiger partial charge in [0, 0.05) is 0 Å². The van der Waals surface area contributed by atoms with Crippen molar-refractivity contribution in [3.8, 4) is 22.6 Å². The number of halogens is 1. The van der Waals surface area contributed by atoms with Gasteiger partial charge in [-0.05, 0) is 0 Å². The zero-order valence-corrected chi connectivity index (χ0v) is 16.2. The SMILES string of the molecule is N#Cc1c([As])nc(SCc2cccc(F)c2)c(C#N)c1-c1cccs1. The van der Waals surface area contributed by atoms with Crippen molar-refractivity contribution < 1.29 is 4.39 Å². The van der Waals surface area contributed by atoms with Crippen molar-refractivity contribution in [2.45, 2.75) is 10.8 Å². The van der Waals surface area contributed by atoms with E-state index in [9.17, 15) is 14.9 Å². The second kappa shape index (κ2) is 7.85. The van der Waals surface area contributed by atoms with Crippen molar-refractivity contribution in [2.75, 3.05) is 0 Å². The third kappa shape index (κ3) is 3.78. The van der Waals surface area contributed by atoms with Crippen LogP contribution in [0.3, 0.4) is 0 Å². The van der Waals surface area contributed by atoms with Gasteiger partial charge in [0.1, 0.15) is 0 Å². The Morgan fingerprint density at radius 2 is 1.96 bits per heavy atom. The van der Waals surface area contributed by atoms with E-state index < -0.39 is 0 Å². The molecule has 120 valence electrons. The van der Waals surface area contributed by atoms with E-state index in [1.54, 1.807) is 6.07 Å². The molecule has 1 aromatic carbocycles. The molecule has 0 atom stereocenters. The van der Waals surface area contributed by atoms with Crippen LogP contribution in [-0.4, -0.2) is 21.8 Å². The van der Waals surface area contributed by atoms with Crippen LogP contribution < -0.4 is 4.48 Å². The minimum absolute atomic E-state index is 0.293. The summed E-state index contributed by atoms with van der Waals surface area (Å²) in [5, 5.41) is 21.6. The van der Waals surface area contributed by atoms with Gasteiger partial charge in [-0.15, -0.1) is 0 Å². The van der Waals surface area contributed by atoms with Gasteiger partial charge < -0.3 is 0 Å². The van der Waals surface area contributed by atoms with E-state index in [1.165, 1.54) is 35.2 Å². The van der Waals surface area contributed by atoms with Crippen LogP contribution in [0.4, 0.5) is 4.39 Å². The summed E-state index contributed by atoms with van der Waals surface area (Å²) in [6.45, 7) is 0. The molecule has 7 heteroatoms. The van der Waals surface area contributed by atoms with E-state index in [-0.39, 0.29) is 5.82 Å². The van der Waals surface area contributed by atoms with E-state index in [1.807, 2.05) is 23.6 Å². The molecule has 3 rings (SSSR count). The molecular weight excluding hydrogens is 416 g/mol. The quantitative estimate of drug-likeness (QED) is 0.472. The molecule has 0 N–H and O–H groups in total. The third-order valence-electron chi connectivity index (χ3n) is 3.40. The van der Waals surface area contributed by atoms with Gasteiger partial charge in [0.05, 0.1) is 0 Å². The van der Waals surface area contributed by atoms with E-state index >= 15 is 0 Å². The predicted molar refractivity (Wildman–Crippen MR) is 98.3 cm³/mol. The Labute approximate surface area is 161 Å². The Kier molecular flexibility index (Phi) is 5.56. The second-order valence-electron chi connectivity index (χ2n) is 4.99. The molecule has 0 unspecified atom stereocenters. The molecule has 0 aliphatic rings. The Morgan fingerprint density at radius 1 is 1.16 bits per heavy atom. The monoisotopic (exact) mass is 425 g/mol. The summed E-state index contributed by atoms with van der Waals surface area (Å²) in [5.74, 6) is 0.195. The van der Waals surface area contributed by atoms with Gasteiger partial charge in [0.15, 0.2) is 0 Å². The first-order valence-electron chi connectivity index (χ1n) is 7.12. The molecular formula is C18H9AsFN3S2. The van der Waals surface area contributed by atoms with Gasteiger partial charge in [-0.2, -0.15) is 0 Å². The second-order valence-corrected chi connectivity index (χ2v) is 7.79. The van der Waals surface area contributed by atoms with Gasteiger partial charge in [-0.25, -0.2) is 0 Å². The normalized spacial score (nSPS) is 10.2. The molecule has 2 radical (unpaired) electrons. The van der Waals surface area contributed by atoms with E-state index in [2.05, 4.69) is 34.0 Å². The van der Waals surface area contributed by atoms with Crippen molar-refractivity contribution in [3.05, 3.63) is 64.3 Å². The van der Waals surface area contributed by atoms with Crippen LogP contribution in [0.5, 0.6) is 0 Å². The van der Waals surface area contributed by atoms with Crippen molar-refractivity contribution in [1.82, 2.24) is 4.98 Å². The molecule has 0 spiro atoms. The Morgan fingerprint density at radius 3 is 2.60 bits per heavy atom. The number of hydrogen-bond donors (Lipinski definition) is 0. The number of nitriles is 2. The van der Waals surface area contributed by atoms with Crippen molar-refractivity contribution in [1.29, 1.82) is 10.5 Å². The summed E-state index contributed by atoms with van der Waals surface area (Å²) in [5.41, 5.74) is 2.21. The van der Waals surface area contributed by atoms with Crippen molar-refractivity contribution in [2.24, 2.45) is 0 Å². The van der Waals surface area contributed by atoms with Crippen molar-refractivity contribution in [3.63, 3.8) is 0 Å². The molecule has 0 bridgehead atoms. The first-order chi connectivity index (χ1) is 12.1. The topological polar surface area (TPSA) is 60.5 Å². The van der Waals surface area contributed by atoms with E-state index in [0.717, 1.165) is 10.4 Å². The van der Waals surface area contributed by atoms with Gasteiger partial charge in [-0.3, -0.25) is 0 Å². The van der Waals surface area contributed by atoms with Crippen LogP contribution in [0, 0.1) is 28.5 Å². The summed E-state index contributed by atoms with van der Waals surface area (Å²) in [6, 6.07) is 14.5. The number of thioether (sulfide) groups is 1. The summed E-state index contributed by atoms with van der Waals surface area (Å²) in [6.07, 6.45) is 0. The number of rotatable bonds is 4. The number of benzene rings is 1. The number of nitrogens with zero attached hydrogens (tertiary/aromatic N) is 3. The van der Waals surface area contributed by atoms with Crippen LogP contribution >= 0.6 is 23.1 Å². The fourth-order valence-electron chi connectivity index (χ4n) is 2.31. The van der Waals surface area contributed by atoms with Crippen molar-refractivity contribution >= 4 is 44.4 Å². The molecule has 25 heavy (non-hydrogen) atoms. The van der Waals surface area contributed by atoms with Crippen LogP contribution in [-0.2, 0) is 5.75 Å². The number of pyridine rings is 1. The van der Waals surface area contributed by atoms with Crippen LogP contribution in [0.1, 0.15) is 16.7 Å². The molecule has 3 aromatic rings. The fourth-order valence-corrected chi connectivity index (χ4v) is 4.72. The average molecular weight is 425 g/mol.